The maximum atomic E-state index is 5.71. The van der Waals surface area contributed by atoms with Gasteiger partial charge in [-0.1, -0.05) is 6.07 Å². The van der Waals surface area contributed by atoms with E-state index in [-0.39, 0.29) is 12.1 Å². The zero-order valence-electron chi connectivity index (χ0n) is 12.9. The number of aromatic nitrogens is 3. The lowest BCUT2D eigenvalue weighted by molar-refractivity contribution is 0.230. The standard InChI is InChI=1S/C15H22N4O2/c1-10(2)21-13-6-5-12(7-14(13)20-4)8-16-11(3)15-17-9-18-19-15/h5-7,9-11,16H,8H2,1-4H3,(H,17,18,19). The summed E-state index contributed by atoms with van der Waals surface area (Å²) < 4.78 is 11.1. The molecule has 1 heterocycles. The van der Waals surface area contributed by atoms with Gasteiger partial charge in [0.05, 0.1) is 19.3 Å². The smallest absolute Gasteiger partial charge is 0.161 e. The van der Waals surface area contributed by atoms with E-state index in [0.717, 1.165) is 22.9 Å². The molecule has 0 fully saturated rings. The van der Waals surface area contributed by atoms with Crippen LogP contribution in [-0.2, 0) is 6.54 Å². The Hall–Kier alpha value is -2.08. The number of nitrogens with zero attached hydrogens (tertiary/aromatic N) is 2. The summed E-state index contributed by atoms with van der Waals surface area (Å²) in [7, 11) is 1.65. The molecule has 1 unspecified atom stereocenters. The number of hydrogen-bond donors (Lipinski definition) is 2. The van der Waals surface area contributed by atoms with Crippen molar-refractivity contribution < 1.29 is 9.47 Å². The lowest BCUT2D eigenvalue weighted by atomic mass is 10.2. The Labute approximate surface area is 124 Å². The average molecular weight is 290 g/mol. The molecule has 0 bridgehead atoms. The molecule has 1 aromatic carbocycles. The van der Waals surface area contributed by atoms with Crippen LogP contribution in [0.25, 0.3) is 0 Å². The maximum Gasteiger partial charge on any atom is 0.161 e. The van der Waals surface area contributed by atoms with Crippen molar-refractivity contribution in [2.24, 2.45) is 0 Å². The Bertz CT molecular complexity index is 555. The molecule has 21 heavy (non-hydrogen) atoms. The monoisotopic (exact) mass is 290 g/mol. The molecule has 2 N–H and O–H groups in total. The summed E-state index contributed by atoms with van der Waals surface area (Å²) in [6.45, 7) is 6.73. The van der Waals surface area contributed by atoms with Gasteiger partial charge in [0.2, 0.25) is 0 Å². The van der Waals surface area contributed by atoms with E-state index in [4.69, 9.17) is 9.47 Å². The van der Waals surface area contributed by atoms with Crippen molar-refractivity contribution in [2.45, 2.75) is 39.5 Å². The van der Waals surface area contributed by atoms with Crippen molar-refractivity contribution in [3.63, 3.8) is 0 Å². The highest BCUT2D eigenvalue weighted by molar-refractivity contribution is 5.43. The quantitative estimate of drug-likeness (QED) is 0.819. The second-order valence-corrected chi connectivity index (χ2v) is 5.13. The minimum atomic E-state index is 0.102. The molecule has 2 aromatic rings. The number of ether oxygens (including phenoxy) is 2. The highest BCUT2D eigenvalue weighted by atomic mass is 16.5. The fraction of sp³-hybridized carbons (Fsp3) is 0.467. The van der Waals surface area contributed by atoms with Crippen molar-refractivity contribution in [3.05, 3.63) is 35.9 Å². The van der Waals surface area contributed by atoms with Gasteiger partial charge in [0.15, 0.2) is 11.5 Å². The van der Waals surface area contributed by atoms with Crippen LogP contribution >= 0.6 is 0 Å². The number of nitrogens with one attached hydrogen (secondary N) is 2. The summed E-state index contributed by atoms with van der Waals surface area (Å²) in [4.78, 5) is 4.14. The van der Waals surface area contributed by atoms with Gasteiger partial charge in [0, 0.05) is 6.54 Å². The Kier molecular flexibility index (Phi) is 5.16. The van der Waals surface area contributed by atoms with E-state index >= 15 is 0 Å². The van der Waals surface area contributed by atoms with Crippen LogP contribution < -0.4 is 14.8 Å². The first-order valence-electron chi connectivity index (χ1n) is 7.02. The summed E-state index contributed by atoms with van der Waals surface area (Å²) in [5, 5.41) is 10.1. The summed E-state index contributed by atoms with van der Waals surface area (Å²) in [5.41, 5.74) is 1.12. The number of aromatic amines is 1. The number of H-pyrrole nitrogens is 1. The predicted molar refractivity (Wildman–Crippen MR) is 80.4 cm³/mol. The molecule has 0 amide bonds. The Morgan fingerprint density at radius 3 is 2.67 bits per heavy atom. The fourth-order valence-electron chi connectivity index (χ4n) is 1.96. The first-order chi connectivity index (χ1) is 10.1. The van der Waals surface area contributed by atoms with Crippen molar-refractivity contribution in [2.75, 3.05) is 7.11 Å². The molecule has 0 saturated heterocycles. The van der Waals surface area contributed by atoms with Crippen LogP contribution in [0.3, 0.4) is 0 Å². The summed E-state index contributed by atoms with van der Waals surface area (Å²) in [5.74, 6) is 2.33. The van der Waals surface area contributed by atoms with E-state index in [9.17, 15) is 0 Å². The molecule has 2 rings (SSSR count). The highest BCUT2D eigenvalue weighted by Crippen LogP contribution is 2.29. The number of benzene rings is 1. The topological polar surface area (TPSA) is 72.1 Å². The third-order valence-corrected chi connectivity index (χ3v) is 3.05. The Morgan fingerprint density at radius 2 is 2.05 bits per heavy atom. The molecule has 0 aliphatic heterocycles. The molecule has 6 nitrogen and oxygen atoms in total. The van der Waals surface area contributed by atoms with E-state index in [0.29, 0.717) is 6.54 Å². The predicted octanol–water partition coefficient (Wildman–Crippen LogP) is 2.45. The van der Waals surface area contributed by atoms with Crippen LogP contribution in [-0.4, -0.2) is 28.4 Å². The summed E-state index contributed by atoms with van der Waals surface area (Å²) >= 11 is 0. The molecule has 114 valence electrons. The molecule has 0 aliphatic rings. The first-order valence-corrected chi connectivity index (χ1v) is 7.02. The normalized spacial score (nSPS) is 12.4. The molecule has 6 heteroatoms. The molecule has 1 aromatic heterocycles. The van der Waals surface area contributed by atoms with Gasteiger partial charge in [-0.15, -0.1) is 0 Å². The molecular weight excluding hydrogens is 268 g/mol. The van der Waals surface area contributed by atoms with E-state index < -0.39 is 0 Å². The maximum absolute atomic E-state index is 5.71. The van der Waals surface area contributed by atoms with Crippen LogP contribution in [0.2, 0.25) is 0 Å². The first kappa shape index (κ1) is 15.3. The second kappa shape index (κ2) is 7.08. The third kappa shape index (κ3) is 4.19. The fourth-order valence-corrected chi connectivity index (χ4v) is 1.96. The van der Waals surface area contributed by atoms with E-state index in [2.05, 4.69) is 20.5 Å². The Balaban J connectivity index is 2.00. The minimum absolute atomic E-state index is 0.102. The Morgan fingerprint density at radius 1 is 1.24 bits per heavy atom. The van der Waals surface area contributed by atoms with Gasteiger partial charge in [-0.25, -0.2) is 4.98 Å². The van der Waals surface area contributed by atoms with Gasteiger partial charge < -0.3 is 14.8 Å². The van der Waals surface area contributed by atoms with Crippen LogP contribution in [0.15, 0.2) is 24.5 Å². The number of rotatable bonds is 7. The molecule has 0 aliphatic carbocycles. The molecule has 0 saturated carbocycles. The van der Waals surface area contributed by atoms with Crippen LogP contribution in [0.5, 0.6) is 11.5 Å². The van der Waals surface area contributed by atoms with Crippen LogP contribution in [0, 0.1) is 0 Å². The third-order valence-electron chi connectivity index (χ3n) is 3.05. The van der Waals surface area contributed by atoms with Crippen LogP contribution in [0.1, 0.15) is 38.2 Å². The second-order valence-electron chi connectivity index (χ2n) is 5.13. The van der Waals surface area contributed by atoms with Crippen molar-refractivity contribution in [1.82, 2.24) is 20.5 Å². The minimum Gasteiger partial charge on any atom is -0.493 e. The largest absolute Gasteiger partial charge is 0.493 e. The summed E-state index contributed by atoms with van der Waals surface area (Å²) in [6.07, 6.45) is 1.63. The lowest BCUT2D eigenvalue weighted by Crippen LogP contribution is -2.19. The zero-order chi connectivity index (χ0) is 15.2. The molecule has 0 radical (unpaired) electrons. The molecule has 1 atom stereocenters. The van der Waals surface area contributed by atoms with Gasteiger partial charge in [-0.3, -0.25) is 5.10 Å². The van der Waals surface area contributed by atoms with E-state index in [1.807, 2.05) is 39.0 Å². The van der Waals surface area contributed by atoms with Gasteiger partial charge in [0.1, 0.15) is 12.2 Å². The molecular formula is C15H22N4O2. The number of methoxy groups -OCH3 is 1. The number of hydrogen-bond acceptors (Lipinski definition) is 5. The van der Waals surface area contributed by atoms with Crippen molar-refractivity contribution in [1.29, 1.82) is 0 Å². The van der Waals surface area contributed by atoms with Gasteiger partial charge in [-0.05, 0) is 38.5 Å². The van der Waals surface area contributed by atoms with Crippen molar-refractivity contribution in [3.8, 4) is 11.5 Å². The molecule has 0 spiro atoms. The van der Waals surface area contributed by atoms with Crippen molar-refractivity contribution >= 4 is 0 Å². The SMILES string of the molecule is COc1cc(CNC(C)c2ncn[nH]2)ccc1OC(C)C. The van der Waals surface area contributed by atoms with Crippen LogP contribution in [0.4, 0.5) is 0 Å². The van der Waals surface area contributed by atoms with Gasteiger partial charge in [-0.2, -0.15) is 5.10 Å². The average Bonchev–Trinajstić information content (AvgIpc) is 2.99. The van der Waals surface area contributed by atoms with Gasteiger partial charge in [0.25, 0.3) is 0 Å². The van der Waals surface area contributed by atoms with E-state index in [1.165, 1.54) is 6.33 Å². The zero-order valence-corrected chi connectivity index (χ0v) is 12.9. The van der Waals surface area contributed by atoms with Gasteiger partial charge >= 0.3 is 0 Å². The van der Waals surface area contributed by atoms with E-state index in [1.54, 1.807) is 7.11 Å². The lowest BCUT2D eigenvalue weighted by Gasteiger charge is -2.15. The summed E-state index contributed by atoms with van der Waals surface area (Å²) in [6, 6.07) is 6.05. The highest BCUT2D eigenvalue weighted by Gasteiger charge is 2.10.